The first-order chi connectivity index (χ1) is 9.01. The van der Waals surface area contributed by atoms with E-state index in [0.29, 0.717) is 28.8 Å². The molecule has 1 atom stereocenters. The van der Waals surface area contributed by atoms with Crippen LogP contribution in [0.4, 0.5) is 5.69 Å². The van der Waals surface area contributed by atoms with Gasteiger partial charge >= 0.3 is 0 Å². The quantitative estimate of drug-likeness (QED) is 0.754. The molecule has 0 saturated carbocycles. The van der Waals surface area contributed by atoms with Crippen LogP contribution in [-0.2, 0) is 4.79 Å². The van der Waals surface area contributed by atoms with E-state index >= 15 is 0 Å². The number of thiocarbonyl (C=S) groups is 1. The molecule has 0 aromatic heterocycles. The molecule has 0 aliphatic heterocycles. The van der Waals surface area contributed by atoms with Gasteiger partial charge < -0.3 is 15.8 Å². The van der Waals surface area contributed by atoms with E-state index in [0.717, 1.165) is 6.42 Å². The zero-order valence-corrected chi connectivity index (χ0v) is 12.1. The lowest BCUT2D eigenvalue weighted by atomic mass is 10.1. The molecule has 0 heterocycles. The molecule has 5 heteroatoms. The number of nitrogens with two attached hydrogens (primary N) is 1. The molecule has 104 valence electrons. The third-order valence-electron chi connectivity index (χ3n) is 2.73. The van der Waals surface area contributed by atoms with E-state index in [4.69, 9.17) is 22.7 Å². The van der Waals surface area contributed by atoms with Gasteiger partial charge in [-0.15, -0.1) is 0 Å². The zero-order chi connectivity index (χ0) is 14.3. The van der Waals surface area contributed by atoms with Crippen LogP contribution in [0.5, 0.6) is 5.75 Å². The first-order valence-corrected chi connectivity index (χ1v) is 6.73. The molecule has 0 aliphatic rings. The number of hydrogen-bond donors (Lipinski definition) is 2. The van der Waals surface area contributed by atoms with Crippen molar-refractivity contribution in [3.63, 3.8) is 0 Å². The molecule has 1 rings (SSSR count). The molecule has 4 nitrogen and oxygen atoms in total. The van der Waals surface area contributed by atoms with Gasteiger partial charge in [-0.3, -0.25) is 4.79 Å². The highest BCUT2D eigenvalue weighted by molar-refractivity contribution is 7.80. The van der Waals surface area contributed by atoms with Crippen molar-refractivity contribution in [1.29, 1.82) is 0 Å². The highest BCUT2D eigenvalue weighted by Gasteiger charge is 2.08. The summed E-state index contributed by atoms with van der Waals surface area (Å²) in [7, 11) is 0. The maximum absolute atomic E-state index is 11.8. The highest BCUT2D eigenvalue weighted by atomic mass is 32.1. The Balaban J connectivity index is 2.56. The summed E-state index contributed by atoms with van der Waals surface area (Å²) in [6.45, 7) is 4.32. The number of carbonyl (C=O) groups is 1. The first-order valence-electron chi connectivity index (χ1n) is 6.32. The summed E-state index contributed by atoms with van der Waals surface area (Å²) in [5, 5.41) is 2.85. The predicted molar refractivity (Wildman–Crippen MR) is 81.4 cm³/mol. The molecule has 1 aromatic carbocycles. The Bertz CT molecular complexity index is 449. The summed E-state index contributed by atoms with van der Waals surface area (Å²) >= 11 is 4.74. The fourth-order valence-electron chi connectivity index (χ4n) is 1.49. The van der Waals surface area contributed by atoms with Crippen LogP contribution in [-0.4, -0.2) is 17.5 Å². The lowest BCUT2D eigenvalue weighted by Crippen LogP contribution is -2.18. The Hall–Kier alpha value is -1.62. The average molecular weight is 280 g/mol. The van der Waals surface area contributed by atoms with Gasteiger partial charge in [-0.1, -0.05) is 38.6 Å². The van der Waals surface area contributed by atoms with Crippen LogP contribution in [0.3, 0.4) is 0 Å². The molecule has 19 heavy (non-hydrogen) atoms. The van der Waals surface area contributed by atoms with Gasteiger partial charge in [0.25, 0.3) is 0 Å². The normalized spacial score (nSPS) is 11.7. The van der Waals surface area contributed by atoms with Gasteiger partial charge in [0.05, 0.1) is 0 Å². The summed E-state index contributed by atoms with van der Waals surface area (Å²) in [6.07, 6.45) is 1.51. The number of carbonyl (C=O) groups excluding carboxylic acids is 1. The third kappa shape index (κ3) is 6.20. The SMILES string of the molecule is CCC(C)CC(=O)Nc1cccc(OCC(N)=S)c1. The van der Waals surface area contributed by atoms with Gasteiger partial charge in [0.2, 0.25) is 5.91 Å². The maximum Gasteiger partial charge on any atom is 0.224 e. The van der Waals surface area contributed by atoms with E-state index in [1.54, 1.807) is 12.1 Å². The summed E-state index contributed by atoms with van der Waals surface area (Å²) in [4.78, 5) is 12.1. The number of rotatable bonds is 7. The molecular weight excluding hydrogens is 260 g/mol. The first kappa shape index (κ1) is 15.4. The molecule has 0 aliphatic carbocycles. The van der Waals surface area contributed by atoms with Crippen molar-refractivity contribution in [3.05, 3.63) is 24.3 Å². The smallest absolute Gasteiger partial charge is 0.224 e. The van der Waals surface area contributed by atoms with E-state index in [2.05, 4.69) is 19.2 Å². The van der Waals surface area contributed by atoms with Gasteiger partial charge in [-0.25, -0.2) is 0 Å². The van der Waals surface area contributed by atoms with Gasteiger partial charge in [-0.05, 0) is 18.1 Å². The van der Waals surface area contributed by atoms with Crippen molar-refractivity contribution < 1.29 is 9.53 Å². The van der Waals surface area contributed by atoms with E-state index in [1.807, 2.05) is 12.1 Å². The molecule has 1 aromatic rings. The second-order valence-electron chi connectivity index (χ2n) is 4.55. The van der Waals surface area contributed by atoms with Crippen LogP contribution in [0.1, 0.15) is 26.7 Å². The minimum absolute atomic E-state index is 0.0147. The second-order valence-corrected chi connectivity index (χ2v) is 5.07. The zero-order valence-electron chi connectivity index (χ0n) is 11.3. The number of benzene rings is 1. The Kier molecular flexibility index (Phi) is 6.29. The van der Waals surface area contributed by atoms with Crippen LogP contribution in [0.25, 0.3) is 0 Å². The minimum Gasteiger partial charge on any atom is -0.486 e. The predicted octanol–water partition coefficient (Wildman–Crippen LogP) is 2.73. The molecule has 3 N–H and O–H groups in total. The van der Waals surface area contributed by atoms with Crippen molar-refractivity contribution in [3.8, 4) is 5.75 Å². The average Bonchev–Trinajstić information content (AvgIpc) is 2.36. The number of anilines is 1. The largest absolute Gasteiger partial charge is 0.486 e. The van der Waals surface area contributed by atoms with Crippen molar-refractivity contribution in [1.82, 2.24) is 0 Å². The molecule has 1 unspecified atom stereocenters. The second kappa shape index (κ2) is 7.74. The number of nitrogens with one attached hydrogen (secondary N) is 1. The van der Waals surface area contributed by atoms with Crippen molar-refractivity contribution in [2.24, 2.45) is 11.7 Å². The Morgan fingerprint density at radius 2 is 2.26 bits per heavy atom. The lowest BCUT2D eigenvalue weighted by Gasteiger charge is -2.10. The summed E-state index contributed by atoms with van der Waals surface area (Å²) < 4.78 is 5.37. The Labute approximate surface area is 119 Å². The third-order valence-corrected chi connectivity index (χ3v) is 2.85. The summed E-state index contributed by atoms with van der Waals surface area (Å²) in [6, 6.07) is 7.19. The van der Waals surface area contributed by atoms with E-state index in [9.17, 15) is 4.79 Å². The topological polar surface area (TPSA) is 64.3 Å². The van der Waals surface area contributed by atoms with Gasteiger partial charge in [0, 0.05) is 18.2 Å². The fraction of sp³-hybridized carbons (Fsp3) is 0.429. The molecule has 0 radical (unpaired) electrons. The Morgan fingerprint density at radius 1 is 1.53 bits per heavy atom. The lowest BCUT2D eigenvalue weighted by molar-refractivity contribution is -0.117. The van der Waals surface area contributed by atoms with Crippen LogP contribution in [0, 0.1) is 5.92 Å². The van der Waals surface area contributed by atoms with Crippen LogP contribution >= 0.6 is 12.2 Å². The van der Waals surface area contributed by atoms with Crippen LogP contribution in [0.15, 0.2) is 24.3 Å². The minimum atomic E-state index is 0.0147. The summed E-state index contributed by atoms with van der Waals surface area (Å²) in [5.41, 5.74) is 6.08. The van der Waals surface area contributed by atoms with Crippen LogP contribution < -0.4 is 15.8 Å². The standard InChI is InChI=1S/C14H20N2O2S/c1-3-10(2)7-14(17)16-11-5-4-6-12(8-11)18-9-13(15)19/h4-6,8,10H,3,7,9H2,1-2H3,(H2,15,19)(H,16,17). The van der Waals surface area contributed by atoms with E-state index in [1.165, 1.54) is 0 Å². The van der Waals surface area contributed by atoms with Crippen molar-refractivity contribution in [2.75, 3.05) is 11.9 Å². The number of ether oxygens (including phenoxy) is 1. The summed E-state index contributed by atoms with van der Waals surface area (Å²) in [5.74, 6) is 1.03. The monoisotopic (exact) mass is 280 g/mol. The molecule has 0 saturated heterocycles. The van der Waals surface area contributed by atoms with E-state index < -0.39 is 0 Å². The van der Waals surface area contributed by atoms with Crippen molar-refractivity contribution >= 4 is 28.8 Å². The molecule has 0 spiro atoms. The molecular formula is C14H20N2O2S. The maximum atomic E-state index is 11.8. The van der Waals surface area contributed by atoms with Gasteiger partial charge in [0.15, 0.2) is 0 Å². The van der Waals surface area contributed by atoms with Gasteiger partial charge in [0.1, 0.15) is 17.3 Å². The van der Waals surface area contributed by atoms with Gasteiger partial charge in [-0.2, -0.15) is 0 Å². The molecule has 1 amide bonds. The molecule has 0 bridgehead atoms. The Morgan fingerprint density at radius 3 is 2.89 bits per heavy atom. The van der Waals surface area contributed by atoms with Crippen LogP contribution in [0.2, 0.25) is 0 Å². The number of amides is 1. The fourth-order valence-corrected chi connectivity index (χ4v) is 1.55. The van der Waals surface area contributed by atoms with Crippen molar-refractivity contribution in [2.45, 2.75) is 26.7 Å². The highest BCUT2D eigenvalue weighted by Crippen LogP contribution is 2.18. The van der Waals surface area contributed by atoms with E-state index in [-0.39, 0.29) is 12.5 Å². The molecule has 0 fully saturated rings. The number of hydrogen-bond acceptors (Lipinski definition) is 3.